The van der Waals surface area contributed by atoms with Gasteiger partial charge in [0.25, 0.3) is 0 Å². The van der Waals surface area contributed by atoms with E-state index in [9.17, 15) is 9.90 Å². The second kappa shape index (κ2) is 7.44. The van der Waals surface area contributed by atoms with Crippen molar-refractivity contribution in [3.05, 3.63) is 30.1 Å². The van der Waals surface area contributed by atoms with E-state index in [1.165, 1.54) is 0 Å². The highest BCUT2D eigenvalue weighted by Crippen LogP contribution is 2.24. The van der Waals surface area contributed by atoms with Crippen molar-refractivity contribution in [2.24, 2.45) is 5.92 Å². The first-order chi connectivity index (χ1) is 11.7. The highest BCUT2D eigenvalue weighted by Gasteiger charge is 2.25. The Morgan fingerprint density at radius 2 is 2.21 bits per heavy atom. The highest BCUT2D eigenvalue weighted by atomic mass is 16.3. The number of anilines is 1. The monoisotopic (exact) mass is 329 g/mol. The van der Waals surface area contributed by atoms with Crippen LogP contribution in [0.3, 0.4) is 0 Å². The average Bonchev–Trinajstić information content (AvgIpc) is 3.02. The van der Waals surface area contributed by atoms with Crippen molar-refractivity contribution >= 4 is 11.7 Å². The zero-order valence-corrected chi connectivity index (χ0v) is 13.7. The van der Waals surface area contributed by atoms with Crippen LogP contribution >= 0.6 is 0 Å². The van der Waals surface area contributed by atoms with E-state index >= 15 is 0 Å². The summed E-state index contributed by atoms with van der Waals surface area (Å²) >= 11 is 0. The summed E-state index contributed by atoms with van der Waals surface area (Å²) in [5.41, 5.74) is 1.52. The van der Waals surface area contributed by atoms with Crippen LogP contribution in [0.5, 0.6) is 0 Å². The number of carbonyl (C=O) groups is 1. The number of aliphatic hydroxyl groups excluding tert-OH is 1. The topological polar surface area (TPSA) is 103 Å². The lowest BCUT2D eigenvalue weighted by atomic mass is 9.85. The number of aromatic nitrogens is 3. The molecule has 1 aromatic carbocycles. The van der Waals surface area contributed by atoms with E-state index in [2.05, 4.69) is 25.8 Å². The zero-order valence-electron chi connectivity index (χ0n) is 13.7. The quantitative estimate of drug-likeness (QED) is 0.692. The summed E-state index contributed by atoms with van der Waals surface area (Å²) in [5, 5.41) is 22.2. The van der Waals surface area contributed by atoms with Gasteiger partial charge in [-0.2, -0.15) is 5.10 Å². The maximum absolute atomic E-state index is 12.3. The number of aromatic amines is 1. The number of nitrogens with zero attached hydrogens (tertiary/aromatic N) is 2. The van der Waals surface area contributed by atoms with Gasteiger partial charge in [0.05, 0.1) is 0 Å². The first-order valence-electron chi connectivity index (χ1n) is 8.33. The average molecular weight is 329 g/mol. The van der Waals surface area contributed by atoms with Gasteiger partial charge in [-0.1, -0.05) is 25.0 Å². The fraction of sp³-hybridized carbons (Fsp3) is 0.471. The maximum Gasteiger partial charge on any atom is 0.319 e. The summed E-state index contributed by atoms with van der Waals surface area (Å²) in [5.74, 6) is 1.49. The van der Waals surface area contributed by atoms with Gasteiger partial charge in [0, 0.05) is 29.8 Å². The number of H-pyrrole nitrogens is 1. The molecule has 1 aliphatic rings. The van der Waals surface area contributed by atoms with Crippen molar-refractivity contribution in [1.29, 1.82) is 0 Å². The van der Waals surface area contributed by atoms with Gasteiger partial charge >= 0.3 is 6.03 Å². The molecule has 1 saturated carbocycles. The number of aryl methyl sites for hydroxylation is 1. The minimum Gasteiger partial charge on any atom is -0.396 e. The third-order valence-electron chi connectivity index (χ3n) is 4.44. The Bertz CT molecular complexity index is 700. The summed E-state index contributed by atoms with van der Waals surface area (Å²) in [6.45, 7) is 1.96. The molecular weight excluding hydrogens is 306 g/mol. The molecule has 3 rings (SSSR count). The largest absolute Gasteiger partial charge is 0.396 e. The van der Waals surface area contributed by atoms with Gasteiger partial charge in [0.15, 0.2) is 5.82 Å². The summed E-state index contributed by atoms with van der Waals surface area (Å²) in [7, 11) is 0. The molecule has 7 nitrogen and oxygen atoms in total. The number of hydrogen-bond donors (Lipinski definition) is 4. The van der Waals surface area contributed by atoms with Crippen LogP contribution in [-0.4, -0.2) is 39.0 Å². The van der Waals surface area contributed by atoms with Crippen molar-refractivity contribution in [3.63, 3.8) is 0 Å². The summed E-state index contributed by atoms with van der Waals surface area (Å²) in [6, 6.07) is 7.20. The van der Waals surface area contributed by atoms with Gasteiger partial charge in [-0.15, -0.1) is 0 Å². The van der Waals surface area contributed by atoms with E-state index in [4.69, 9.17) is 0 Å². The first-order valence-corrected chi connectivity index (χ1v) is 8.33. The minimum atomic E-state index is -0.247. The molecule has 7 heteroatoms. The normalized spacial score (nSPS) is 20.6. The molecule has 1 aliphatic carbocycles. The third-order valence-corrected chi connectivity index (χ3v) is 4.44. The smallest absolute Gasteiger partial charge is 0.319 e. The second-order valence-corrected chi connectivity index (χ2v) is 6.26. The van der Waals surface area contributed by atoms with E-state index in [-0.39, 0.29) is 24.6 Å². The Kier molecular flexibility index (Phi) is 5.10. The van der Waals surface area contributed by atoms with Crippen LogP contribution in [0.2, 0.25) is 0 Å². The molecule has 2 atom stereocenters. The van der Waals surface area contributed by atoms with E-state index in [0.29, 0.717) is 11.5 Å². The van der Waals surface area contributed by atoms with Crippen molar-refractivity contribution < 1.29 is 9.90 Å². The fourth-order valence-corrected chi connectivity index (χ4v) is 3.16. The third kappa shape index (κ3) is 3.91. The van der Waals surface area contributed by atoms with Gasteiger partial charge in [-0.25, -0.2) is 9.78 Å². The number of nitrogens with one attached hydrogen (secondary N) is 3. The van der Waals surface area contributed by atoms with E-state index in [0.717, 1.165) is 37.1 Å². The minimum absolute atomic E-state index is 0.0302. The van der Waals surface area contributed by atoms with E-state index in [1.54, 1.807) is 0 Å². The van der Waals surface area contributed by atoms with Gasteiger partial charge in [0.2, 0.25) is 0 Å². The van der Waals surface area contributed by atoms with Crippen LogP contribution in [-0.2, 0) is 0 Å². The van der Waals surface area contributed by atoms with Crippen molar-refractivity contribution in [2.45, 2.75) is 38.6 Å². The Labute approximate surface area is 140 Å². The molecular formula is C17H23N5O2. The molecule has 1 heterocycles. The molecule has 0 bridgehead atoms. The lowest BCUT2D eigenvalue weighted by Gasteiger charge is -2.30. The Morgan fingerprint density at radius 1 is 1.38 bits per heavy atom. The molecule has 0 aliphatic heterocycles. The number of benzene rings is 1. The van der Waals surface area contributed by atoms with Crippen LogP contribution < -0.4 is 10.6 Å². The van der Waals surface area contributed by atoms with Crippen LogP contribution in [0.4, 0.5) is 10.5 Å². The number of aliphatic hydroxyl groups is 1. The Hall–Kier alpha value is -2.41. The summed E-state index contributed by atoms with van der Waals surface area (Å²) in [6.07, 6.45) is 4.07. The second-order valence-electron chi connectivity index (χ2n) is 6.26. The first kappa shape index (κ1) is 16.4. The van der Waals surface area contributed by atoms with Crippen molar-refractivity contribution in [3.8, 4) is 11.4 Å². The molecule has 128 valence electrons. The van der Waals surface area contributed by atoms with Crippen molar-refractivity contribution in [1.82, 2.24) is 20.5 Å². The van der Waals surface area contributed by atoms with Gasteiger partial charge in [-0.3, -0.25) is 5.10 Å². The van der Waals surface area contributed by atoms with Gasteiger partial charge in [0.1, 0.15) is 5.82 Å². The van der Waals surface area contributed by atoms with Gasteiger partial charge in [-0.05, 0) is 31.9 Å². The van der Waals surface area contributed by atoms with Crippen LogP contribution in [0.25, 0.3) is 11.4 Å². The predicted octanol–water partition coefficient (Wildman–Crippen LogP) is 2.45. The fourth-order valence-electron chi connectivity index (χ4n) is 3.16. The Morgan fingerprint density at radius 3 is 2.96 bits per heavy atom. The van der Waals surface area contributed by atoms with Crippen LogP contribution in [0.15, 0.2) is 24.3 Å². The van der Waals surface area contributed by atoms with Crippen LogP contribution in [0, 0.1) is 12.8 Å². The molecule has 1 aromatic heterocycles. The summed E-state index contributed by atoms with van der Waals surface area (Å²) < 4.78 is 0. The maximum atomic E-state index is 12.3. The standard InChI is InChI=1S/C17H23N5O2/c1-11-18-16(22-21-11)12-6-4-7-14(9-12)19-17(24)20-15-8-3-2-5-13(15)10-23/h4,6-7,9,13,15,23H,2-3,5,8,10H2,1H3,(H,18,21,22)(H2,19,20,24). The van der Waals surface area contributed by atoms with E-state index < -0.39 is 0 Å². The number of carbonyl (C=O) groups excluding carboxylic acids is 1. The molecule has 0 radical (unpaired) electrons. The molecule has 2 amide bonds. The van der Waals surface area contributed by atoms with Gasteiger partial charge < -0.3 is 15.7 Å². The number of urea groups is 1. The Balaban J connectivity index is 1.64. The molecule has 2 aromatic rings. The zero-order chi connectivity index (χ0) is 16.9. The molecule has 24 heavy (non-hydrogen) atoms. The lowest BCUT2D eigenvalue weighted by Crippen LogP contribution is -2.45. The summed E-state index contributed by atoms with van der Waals surface area (Å²) in [4.78, 5) is 16.5. The molecule has 0 saturated heterocycles. The SMILES string of the molecule is Cc1nc(-c2cccc(NC(=O)NC3CCCCC3CO)c2)n[nH]1. The molecule has 0 spiro atoms. The van der Waals surface area contributed by atoms with E-state index in [1.807, 2.05) is 31.2 Å². The van der Waals surface area contributed by atoms with Crippen LogP contribution in [0.1, 0.15) is 31.5 Å². The molecule has 2 unspecified atom stereocenters. The lowest BCUT2D eigenvalue weighted by molar-refractivity contribution is 0.156. The highest BCUT2D eigenvalue weighted by molar-refractivity contribution is 5.90. The molecule has 4 N–H and O–H groups in total. The predicted molar refractivity (Wildman–Crippen MR) is 91.5 cm³/mol. The number of rotatable bonds is 4. The van der Waals surface area contributed by atoms with Crippen molar-refractivity contribution in [2.75, 3.05) is 11.9 Å². The number of hydrogen-bond acceptors (Lipinski definition) is 4. The molecule has 1 fully saturated rings. The number of amides is 2.